The monoisotopic (exact) mass is 238 g/mol. The number of benzene rings is 3. The van der Waals surface area contributed by atoms with Crippen molar-refractivity contribution in [2.75, 3.05) is 0 Å². The Balaban J connectivity index is 2.35. The number of fused-ring (bicyclic) bond motifs is 2. The Hall–Kier alpha value is -2.62. The maximum absolute atomic E-state index is 5.35. The lowest BCUT2D eigenvalue weighted by atomic mass is 10.0. The van der Waals surface area contributed by atoms with Gasteiger partial charge in [-0.05, 0) is 12.1 Å². The second-order valence-electron chi connectivity index (χ2n) is 4.35. The van der Waals surface area contributed by atoms with Crippen LogP contribution in [0.2, 0.25) is 0 Å². The summed E-state index contributed by atoms with van der Waals surface area (Å²) in [5, 5.41) is 3.75. The fourth-order valence-corrected chi connectivity index (χ4v) is 2.66. The van der Waals surface area contributed by atoms with Gasteiger partial charge in [0.15, 0.2) is 22.3 Å². The van der Waals surface area contributed by atoms with Crippen LogP contribution < -0.4 is 0 Å². The first-order valence-electron chi connectivity index (χ1n) is 5.64. The van der Waals surface area contributed by atoms with Crippen molar-refractivity contribution in [3.8, 4) is 0 Å². The van der Waals surface area contributed by atoms with E-state index >= 15 is 0 Å². The Bertz CT molecular complexity index is 937. The van der Waals surface area contributed by atoms with Crippen LogP contribution in [0.15, 0.2) is 54.7 Å². The summed E-state index contributed by atoms with van der Waals surface area (Å²) in [6.07, 6.45) is 0. The van der Waals surface area contributed by atoms with Crippen molar-refractivity contribution in [3.05, 3.63) is 36.4 Å². The summed E-state index contributed by atoms with van der Waals surface area (Å²) in [4.78, 5) is 0. The topological polar surface area (TPSA) is 52.6 Å². The minimum Gasteiger partial charge on any atom is -0.289 e. The first kappa shape index (κ1) is 8.47. The lowest BCUT2D eigenvalue weighted by molar-refractivity contribution is 0.0991. The van der Waals surface area contributed by atoms with Crippen LogP contribution in [0.25, 0.3) is 43.9 Å². The SMILES string of the molecule is c1cc2ooc3c4cccc5ooc(c(c1)c23)c54. The normalized spacial score (nSPS) is 12.4. The highest BCUT2D eigenvalue weighted by Gasteiger charge is 2.20. The highest BCUT2D eigenvalue weighted by atomic mass is 17.0. The van der Waals surface area contributed by atoms with Crippen LogP contribution in [0, 0.1) is 0 Å². The largest absolute Gasteiger partial charge is 0.289 e. The van der Waals surface area contributed by atoms with Gasteiger partial charge in [-0.25, -0.2) is 0 Å². The second kappa shape index (κ2) is 2.61. The molecule has 5 rings (SSSR count). The van der Waals surface area contributed by atoms with E-state index in [2.05, 4.69) is 0 Å². The molecule has 0 saturated carbocycles. The van der Waals surface area contributed by atoms with E-state index in [0.717, 1.165) is 32.7 Å². The maximum atomic E-state index is 5.35. The maximum Gasteiger partial charge on any atom is 0.198 e. The molecule has 0 aliphatic heterocycles. The molecule has 0 N–H and O–H groups in total. The first-order valence-corrected chi connectivity index (χ1v) is 5.64. The minimum absolute atomic E-state index is 0.710. The van der Waals surface area contributed by atoms with Crippen molar-refractivity contribution in [3.63, 3.8) is 0 Å². The third kappa shape index (κ3) is 0.777. The zero-order valence-electron chi connectivity index (χ0n) is 9.10. The molecule has 2 aromatic heterocycles. The summed E-state index contributed by atoms with van der Waals surface area (Å²) in [5.41, 5.74) is 2.88. The summed E-state index contributed by atoms with van der Waals surface area (Å²) in [5.74, 6) is 0. The van der Waals surface area contributed by atoms with E-state index in [4.69, 9.17) is 18.3 Å². The third-order valence-electron chi connectivity index (χ3n) is 3.43. The Morgan fingerprint density at radius 2 is 1.06 bits per heavy atom. The van der Waals surface area contributed by atoms with Crippen molar-refractivity contribution in [2.24, 2.45) is 0 Å². The molecule has 2 heterocycles. The molecule has 0 bridgehead atoms. The van der Waals surface area contributed by atoms with Gasteiger partial charge in [-0.15, -0.1) is 0 Å². The molecule has 5 aromatic rings. The van der Waals surface area contributed by atoms with Crippen LogP contribution in [-0.2, 0) is 0 Å². The van der Waals surface area contributed by atoms with Crippen molar-refractivity contribution < 1.29 is 18.3 Å². The molecule has 18 heavy (non-hydrogen) atoms. The molecule has 4 nitrogen and oxygen atoms in total. The zero-order chi connectivity index (χ0) is 11.7. The highest BCUT2D eigenvalue weighted by Crippen LogP contribution is 2.41. The predicted molar refractivity (Wildman–Crippen MR) is 65.5 cm³/mol. The number of rotatable bonds is 0. The Kier molecular flexibility index (Phi) is 1.23. The molecular formula is C14H6O4. The number of hydrogen-bond acceptors (Lipinski definition) is 4. The summed E-state index contributed by atoms with van der Waals surface area (Å²) in [6, 6.07) is 11.5. The van der Waals surface area contributed by atoms with Crippen molar-refractivity contribution in [1.82, 2.24) is 0 Å². The Morgan fingerprint density at radius 3 is 1.56 bits per heavy atom. The fourth-order valence-electron chi connectivity index (χ4n) is 2.66. The van der Waals surface area contributed by atoms with Crippen LogP contribution in [0.5, 0.6) is 0 Å². The molecule has 0 amide bonds. The first-order chi connectivity index (χ1) is 8.93. The van der Waals surface area contributed by atoms with Crippen molar-refractivity contribution >= 4 is 43.9 Å². The van der Waals surface area contributed by atoms with Crippen LogP contribution in [0.4, 0.5) is 0 Å². The van der Waals surface area contributed by atoms with Gasteiger partial charge in [0.25, 0.3) is 0 Å². The van der Waals surface area contributed by atoms with E-state index in [1.165, 1.54) is 0 Å². The summed E-state index contributed by atoms with van der Waals surface area (Å²) >= 11 is 0. The minimum atomic E-state index is 0.710. The molecule has 0 atom stereocenters. The average molecular weight is 238 g/mol. The smallest absolute Gasteiger partial charge is 0.198 e. The molecule has 0 fully saturated rings. The quantitative estimate of drug-likeness (QED) is 0.290. The third-order valence-corrected chi connectivity index (χ3v) is 3.43. The van der Waals surface area contributed by atoms with E-state index in [-0.39, 0.29) is 0 Å². The molecule has 0 radical (unpaired) electrons. The summed E-state index contributed by atoms with van der Waals surface area (Å²) in [6.45, 7) is 0. The van der Waals surface area contributed by atoms with E-state index in [0.29, 0.717) is 11.2 Å². The zero-order valence-corrected chi connectivity index (χ0v) is 9.10. The van der Waals surface area contributed by atoms with Crippen LogP contribution in [0.3, 0.4) is 0 Å². The van der Waals surface area contributed by atoms with Gasteiger partial charge in [-0.3, -0.25) is 18.3 Å². The molecule has 0 aliphatic rings. The van der Waals surface area contributed by atoms with Crippen LogP contribution >= 0.6 is 0 Å². The summed E-state index contributed by atoms with van der Waals surface area (Å²) < 4.78 is 21.2. The molecule has 0 spiro atoms. The van der Waals surface area contributed by atoms with Crippen LogP contribution in [0.1, 0.15) is 0 Å². The predicted octanol–water partition coefficient (Wildman–Crippen LogP) is 4.67. The molecule has 3 aromatic carbocycles. The molecule has 4 heteroatoms. The van der Waals surface area contributed by atoms with Gasteiger partial charge in [0.2, 0.25) is 0 Å². The van der Waals surface area contributed by atoms with Gasteiger partial charge < -0.3 is 0 Å². The molecular weight excluding hydrogens is 232 g/mol. The molecule has 0 aliphatic carbocycles. The Labute approximate surface area is 99.2 Å². The molecule has 0 unspecified atom stereocenters. The average Bonchev–Trinajstić information content (AvgIpc) is 3.01. The van der Waals surface area contributed by atoms with Gasteiger partial charge in [0.05, 0.1) is 10.8 Å². The van der Waals surface area contributed by atoms with Gasteiger partial charge in [0.1, 0.15) is 0 Å². The fraction of sp³-hybridized carbons (Fsp3) is 0. The molecule has 0 saturated heterocycles. The summed E-state index contributed by atoms with van der Waals surface area (Å²) in [7, 11) is 0. The Morgan fingerprint density at radius 1 is 0.556 bits per heavy atom. The van der Waals surface area contributed by atoms with Crippen LogP contribution in [-0.4, -0.2) is 0 Å². The van der Waals surface area contributed by atoms with Gasteiger partial charge in [-0.1, -0.05) is 24.3 Å². The van der Waals surface area contributed by atoms with E-state index in [1.807, 2.05) is 36.4 Å². The van der Waals surface area contributed by atoms with Gasteiger partial charge >= 0.3 is 0 Å². The van der Waals surface area contributed by atoms with Gasteiger partial charge in [0, 0.05) is 10.8 Å². The van der Waals surface area contributed by atoms with E-state index in [9.17, 15) is 0 Å². The second-order valence-corrected chi connectivity index (χ2v) is 4.35. The number of hydrogen-bond donors (Lipinski definition) is 0. The van der Waals surface area contributed by atoms with Crippen molar-refractivity contribution in [1.29, 1.82) is 0 Å². The van der Waals surface area contributed by atoms with E-state index in [1.54, 1.807) is 0 Å². The standard InChI is InChI=1S/C14H6O4/c1-3-7-11-9(5-1)15-18-14(11)8-4-2-6-10-12(8)13(7)17-16-10/h1-6H. The lowest BCUT2D eigenvalue weighted by Gasteiger charge is -1.97. The highest BCUT2D eigenvalue weighted by molar-refractivity contribution is 6.28. The van der Waals surface area contributed by atoms with E-state index < -0.39 is 0 Å². The van der Waals surface area contributed by atoms with Crippen molar-refractivity contribution in [2.45, 2.75) is 0 Å². The lowest BCUT2D eigenvalue weighted by Crippen LogP contribution is -1.77. The molecule has 86 valence electrons. The van der Waals surface area contributed by atoms with Gasteiger partial charge in [-0.2, -0.15) is 0 Å².